The summed E-state index contributed by atoms with van der Waals surface area (Å²) in [5.41, 5.74) is 1.12. The number of aryl methyl sites for hydroxylation is 1. The Morgan fingerprint density at radius 2 is 1.95 bits per heavy atom. The molecule has 102 valence electrons. The van der Waals surface area contributed by atoms with E-state index in [2.05, 4.69) is 20.7 Å². The number of hydrogen-bond donors (Lipinski definition) is 1. The number of sulfonamides is 1. The van der Waals surface area contributed by atoms with Crippen LogP contribution in [-0.2, 0) is 16.4 Å². The first-order valence-electron chi connectivity index (χ1n) is 5.78. The number of thiophene rings is 1. The quantitative estimate of drug-likeness (QED) is 0.889. The van der Waals surface area contributed by atoms with E-state index in [0.29, 0.717) is 17.9 Å². The Labute approximate surface area is 125 Å². The van der Waals surface area contributed by atoms with Crippen LogP contribution in [0.25, 0.3) is 0 Å². The molecule has 0 saturated heterocycles. The zero-order valence-electron chi connectivity index (χ0n) is 10.4. The topological polar surface area (TPSA) is 46.2 Å². The Morgan fingerprint density at radius 1 is 1.26 bits per heavy atom. The predicted octanol–water partition coefficient (Wildman–Crippen LogP) is 3.34. The molecule has 0 aliphatic heterocycles. The smallest absolute Gasteiger partial charge is 0.211 e. The fourth-order valence-corrected chi connectivity index (χ4v) is 5.19. The molecule has 2 aromatic rings. The zero-order valence-corrected chi connectivity index (χ0v) is 13.6. The molecule has 0 aliphatic rings. The van der Waals surface area contributed by atoms with Crippen LogP contribution < -0.4 is 4.72 Å². The summed E-state index contributed by atoms with van der Waals surface area (Å²) in [6.45, 7) is 2.21. The van der Waals surface area contributed by atoms with Crippen LogP contribution >= 0.6 is 27.3 Å². The van der Waals surface area contributed by atoms with Gasteiger partial charge < -0.3 is 0 Å². The van der Waals surface area contributed by atoms with Gasteiger partial charge in [0.25, 0.3) is 0 Å². The average molecular weight is 360 g/mol. The van der Waals surface area contributed by atoms with Gasteiger partial charge in [0.1, 0.15) is 0 Å². The van der Waals surface area contributed by atoms with Crippen molar-refractivity contribution in [2.75, 3.05) is 6.54 Å². The van der Waals surface area contributed by atoms with Crippen molar-refractivity contribution >= 4 is 37.3 Å². The Balaban J connectivity index is 2.01. The first-order chi connectivity index (χ1) is 8.99. The fourth-order valence-electron chi connectivity index (χ4n) is 1.75. The van der Waals surface area contributed by atoms with Crippen molar-refractivity contribution in [3.8, 4) is 0 Å². The summed E-state index contributed by atoms with van der Waals surface area (Å²) in [6.07, 6.45) is 0.685. The second kappa shape index (κ2) is 6.17. The minimum Gasteiger partial charge on any atom is -0.211 e. The van der Waals surface area contributed by atoms with Crippen molar-refractivity contribution in [3.05, 3.63) is 50.6 Å². The van der Waals surface area contributed by atoms with E-state index in [1.54, 1.807) is 13.0 Å². The molecule has 6 heteroatoms. The Hall–Kier alpha value is -0.690. The third kappa shape index (κ3) is 3.89. The lowest BCUT2D eigenvalue weighted by atomic mass is 10.2. The van der Waals surface area contributed by atoms with E-state index in [0.717, 1.165) is 14.2 Å². The van der Waals surface area contributed by atoms with Gasteiger partial charge in [0.2, 0.25) is 10.0 Å². The number of nitrogens with one attached hydrogen (secondary N) is 1. The van der Waals surface area contributed by atoms with Gasteiger partial charge in [-0.25, -0.2) is 13.1 Å². The average Bonchev–Trinajstić information content (AvgIpc) is 2.70. The molecule has 3 nitrogen and oxygen atoms in total. The monoisotopic (exact) mass is 359 g/mol. The molecule has 1 heterocycles. The van der Waals surface area contributed by atoms with Crippen LogP contribution in [0.3, 0.4) is 0 Å². The summed E-state index contributed by atoms with van der Waals surface area (Å²) in [5.74, 6) is 0. The molecule has 0 bridgehead atoms. The fraction of sp³-hybridized carbons (Fsp3) is 0.231. The summed E-state index contributed by atoms with van der Waals surface area (Å²) < 4.78 is 27.7. The number of rotatable bonds is 5. The molecule has 19 heavy (non-hydrogen) atoms. The Morgan fingerprint density at radius 3 is 2.53 bits per heavy atom. The largest absolute Gasteiger partial charge is 0.241 e. The summed E-state index contributed by atoms with van der Waals surface area (Å²) in [6, 6.07) is 11.5. The second-order valence-electron chi connectivity index (χ2n) is 4.10. The van der Waals surface area contributed by atoms with Gasteiger partial charge in [-0.1, -0.05) is 30.3 Å². The summed E-state index contributed by atoms with van der Waals surface area (Å²) >= 11 is 4.73. The maximum absolute atomic E-state index is 12.1. The minimum atomic E-state index is -3.41. The van der Waals surface area contributed by atoms with Crippen LogP contribution in [0.2, 0.25) is 0 Å². The molecule has 0 amide bonds. The highest BCUT2D eigenvalue weighted by Gasteiger charge is 2.18. The standard InChI is InChI=1S/C13H14BrNO2S2/c1-10-12(9-13(14)18-10)19(16,17)15-8-7-11-5-3-2-4-6-11/h2-6,9,15H,7-8H2,1H3. The van der Waals surface area contributed by atoms with Crippen LogP contribution in [0.5, 0.6) is 0 Å². The molecule has 0 unspecified atom stereocenters. The third-order valence-electron chi connectivity index (χ3n) is 2.68. The molecule has 0 aliphatic carbocycles. The first kappa shape index (κ1) is 14.7. The highest BCUT2D eigenvalue weighted by molar-refractivity contribution is 9.11. The molecular formula is C13H14BrNO2S2. The van der Waals surface area contributed by atoms with Gasteiger partial charge >= 0.3 is 0 Å². The van der Waals surface area contributed by atoms with E-state index < -0.39 is 10.0 Å². The number of hydrogen-bond acceptors (Lipinski definition) is 3. The van der Waals surface area contributed by atoms with Crippen molar-refractivity contribution in [1.29, 1.82) is 0 Å². The van der Waals surface area contributed by atoms with Crippen molar-refractivity contribution in [3.63, 3.8) is 0 Å². The Bertz CT molecular complexity index is 651. The van der Waals surface area contributed by atoms with Crippen LogP contribution in [0.4, 0.5) is 0 Å². The molecule has 2 rings (SSSR count). The van der Waals surface area contributed by atoms with Crippen molar-refractivity contribution < 1.29 is 8.42 Å². The SMILES string of the molecule is Cc1sc(Br)cc1S(=O)(=O)NCCc1ccccc1. The summed E-state index contributed by atoms with van der Waals surface area (Å²) in [4.78, 5) is 1.15. The zero-order chi connectivity index (χ0) is 13.9. The van der Waals surface area contributed by atoms with E-state index in [1.807, 2.05) is 30.3 Å². The van der Waals surface area contributed by atoms with E-state index in [9.17, 15) is 8.42 Å². The molecule has 0 radical (unpaired) electrons. The van der Waals surface area contributed by atoms with Crippen molar-refractivity contribution in [2.24, 2.45) is 0 Å². The van der Waals surface area contributed by atoms with Crippen LogP contribution in [0.1, 0.15) is 10.4 Å². The number of halogens is 1. The van der Waals surface area contributed by atoms with Crippen LogP contribution in [0, 0.1) is 6.92 Å². The normalized spacial score (nSPS) is 11.7. The molecule has 0 saturated carbocycles. The third-order valence-corrected chi connectivity index (χ3v) is 5.95. The lowest BCUT2D eigenvalue weighted by Gasteiger charge is -2.06. The van der Waals surface area contributed by atoms with Gasteiger partial charge in [0, 0.05) is 11.4 Å². The van der Waals surface area contributed by atoms with Gasteiger partial charge in [0.15, 0.2) is 0 Å². The lowest BCUT2D eigenvalue weighted by molar-refractivity contribution is 0.581. The Kier molecular flexibility index (Phi) is 4.78. The molecule has 1 aromatic carbocycles. The van der Waals surface area contributed by atoms with Gasteiger partial charge in [-0.3, -0.25) is 0 Å². The maximum Gasteiger partial charge on any atom is 0.241 e. The van der Waals surface area contributed by atoms with Crippen molar-refractivity contribution in [2.45, 2.75) is 18.2 Å². The molecular weight excluding hydrogens is 346 g/mol. The highest BCUT2D eigenvalue weighted by Crippen LogP contribution is 2.29. The van der Waals surface area contributed by atoms with Gasteiger partial charge in [0.05, 0.1) is 8.68 Å². The van der Waals surface area contributed by atoms with E-state index in [1.165, 1.54) is 11.3 Å². The summed E-state index contributed by atoms with van der Waals surface area (Å²) in [5, 5.41) is 0. The predicted molar refractivity (Wildman–Crippen MR) is 82.1 cm³/mol. The highest BCUT2D eigenvalue weighted by atomic mass is 79.9. The molecule has 0 fully saturated rings. The molecule has 1 N–H and O–H groups in total. The lowest BCUT2D eigenvalue weighted by Crippen LogP contribution is -2.26. The van der Waals surface area contributed by atoms with E-state index in [4.69, 9.17) is 0 Å². The second-order valence-corrected chi connectivity index (χ2v) is 8.48. The van der Waals surface area contributed by atoms with Gasteiger partial charge in [-0.2, -0.15) is 0 Å². The maximum atomic E-state index is 12.1. The molecule has 0 spiro atoms. The van der Waals surface area contributed by atoms with Gasteiger partial charge in [-0.05, 0) is 40.9 Å². The summed E-state index contributed by atoms with van der Waals surface area (Å²) in [7, 11) is -3.41. The van der Waals surface area contributed by atoms with Crippen LogP contribution in [0.15, 0.2) is 45.1 Å². The van der Waals surface area contributed by atoms with Crippen LogP contribution in [-0.4, -0.2) is 15.0 Å². The number of benzene rings is 1. The van der Waals surface area contributed by atoms with E-state index in [-0.39, 0.29) is 0 Å². The molecule has 0 atom stereocenters. The molecule has 1 aromatic heterocycles. The van der Waals surface area contributed by atoms with E-state index >= 15 is 0 Å². The van der Waals surface area contributed by atoms with Crippen molar-refractivity contribution in [1.82, 2.24) is 4.72 Å². The first-order valence-corrected chi connectivity index (χ1v) is 8.88. The minimum absolute atomic E-state index is 0.359. The van der Waals surface area contributed by atoms with Gasteiger partial charge in [-0.15, -0.1) is 11.3 Å².